The maximum atomic E-state index is 11.4. The normalized spacial score (nSPS) is 13.1. The molecule has 0 atom stereocenters. The Hall–Kier alpha value is -2.74. The van der Waals surface area contributed by atoms with E-state index in [1.54, 1.807) is 23.5 Å². The number of hydrogen-bond donors (Lipinski definition) is 2. The van der Waals surface area contributed by atoms with E-state index in [2.05, 4.69) is 29.0 Å². The van der Waals surface area contributed by atoms with Gasteiger partial charge in [-0.15, -0.1) is 11.3 Å². The molecular weight excluding hydrogens is 338 g/mol. The molecule has 3 N–H and O–H groups in total. The summed E-state index contributed by atoms with van der Waals surface area (Å²) in [7, 11) is 0. The van der Waals surface area contributed by atoms with Crippen LogP contribution in [0, 0.1) is 0 Å². The van der Waals surface area contributed by atoms with Gasteiger partial charge in [-0.3, -0.25) is 9.89 Å². The highest BCUT2D eigenvalue weighted by atomic mass is 32.1. The van der Waals surface area contributed by atoms with Crippen molar-refractivity contribution >= 4 is 17.2 Å². The molecule has 1 aliphatic rings. The predicted octanol–water partition coefficient (Wildman–Crippen LogP) is 2.75. The molecule has 3 heterocycles. The number of thiazole rings is 1. The Labute approximate surface area is 148 Å². The number of ether oxygens (including phenoxy) is 1. The Morgan fingerprint density at radius 3 is 2.92 bits per heavy atom. The van der Waals surface area contributed by atoms with Crippen LogP contribution in [0.3, 0.4) is 0 Å². The molecule has 1 amide bonds. The first-order valence-electron chi connectivity index (χ1n) is 8.02. The van der Waals surface area contributed by atoms with Crippen molar-refractivity contribution in [1.29, 1.82) is 0 Å². The summed E-state index contributed by atoms with van der Waals surface area (Å²) in [4.78, 5) is 21.8. The van der Waals surface area contributed by atoms with E-state index in [1.165, 1.54) is 0 Å². The van der Waals surface area contributed by atoms with Gasteiger partial charge < -0.3 is 10.5 Å². The number of nitrogens with zero attached hydrogens (tertiary/aromatic N) is 3. The highest BCUT2D eigenvalue weighted by Crippen LogP contribution is 2.40. The molecule has 0 fully saturated rings. The number of nitrogens with one attached hydrogen (secondary N) is 1. The minimum Gasteiger partial charge on any atom is -0.492 e. The van der Waals surface area contributed by atoms with Gasteiger partial charge in [0.2, 0.25) is 11.7 Å². The van der Waals surface area contributed by atoms with Gasteiger partial charge >= 0.3 is 0 Å². The molecule has 0 saturated carbocycles. The van der Waals surface area contributed by atoms with Crippen molar-refractivity contribution < 1.29 is 9.53 Å². The van der Waals surface area contributed by atoms with Crippen molar-refractivity contribution in [2.75, 3.05) is 6.61 Å². The van der Waals surface area contributed by atoms with E-state index in [-0.39, 0.29) is 5.92 Å². The number of benzene rings is 1. The number of fused-ring (bicyclic) bond motifs is 3. The maximum absolute atomic E-state index is 11.4. The Morgan fingerprint density at radius 1 is 1.36 bits per heavy atom. The van der Waals surface area contributed by atoms with E-state index >= 15 is 0 Å². The summed E-state index contributed by atoms with van der Waals surface area (Å²) in [5.74, 6) is 1.88. The van der Waals surface area contributed by atoms with Crippen LogP contribution in [0.5, 0.6) is 5.75 Å². The summed E-state index contributed by atoms with van der Waals surface area (Å²) >= 11 is 1.57. The number of aromatic nitrogens is 4. The lowest BCUT2D eigenvalue weighted by atomic mass is 10.1. The van der Waals surface area contributed by atoms with Gasteiger partial charge in [-0.2, -0.15) is 5.10 Å². The van der Waals surface area contributed by atoms with Crippen LogP contribution in [0.4, 0.5) is 0 Å². The lowest BCUT2D eigenvalue weighted by Gasteiger charge is -2.07. The fraction of sp³-hybridized carbons (Fsp3) is 0.294. The topological polar surface area (TPSA) is 107 Å². The Morgan fingerprint density at radius 2 is 2.20 bits per heavy atom. The highest BCUT2D eigenvalue weighted by molar-refractivity contribution is 7.15. The monoisotopic (exact) mass is 355 g/mol. The Balaban J connectivity index is 1.78. The van der Waals surface area contributed by atoms with Crippen LogP contribution < -0.4 is 10.5 Å². The molecule has 0 aliphatic carbocycles. The number of nitrogens with two attached hydrogens (primary N) is 1. The van der Waals surface area contributed by atoms with Crippen molar-refractivity contribution in [2.45, 2.75) is 26.2 Å². The van der Waals surface area contributed by atoms with Crippen molar-refractivity contribution in [1.82, 2.24) is 20.2 Å². The zero-order valence-electron chi connectivity index (χ0n) is 13.9. The second kappa shape index (κ2) is 5.96. The number of hydrogen-bond acceptors (Lipinski definition) is 6. The number of rotatable bonds is 3. The first kappa shape index (κ1) is 15.8. The van der Waals surface area contributed by atoms with Gasteiger partial charge in [0.15, 0.2) is 5.01 Å². The third kappa shape index (κ3) is 2.78. The first-order chi connectivity index (χ1) is 12.0. The molecule has 0 bridgehead atoms. The fourth-order valence-corrected chi connectivity index (χ4v) is 3.69. The summed E-state index contributed by atoms with van der Waals surface area (Å²) in [6, 6.07) is 5.21. The van der Waals surface area contributed by atoms with Gasteiger partial charge in [0, 0.05) is 28.3 Å². The van der Waals surface area contributed by atoms with Crippen LogP contribution >= 0.6 is 11.3 Å². The summed E-state index contributed by atoms with van der Waals surface area (Å²) < 4.78 is 5.78. The lowest BCUT2D eigenvalue weighted by molar-refractivity contribution is 0.1000. The molecule has 0 radical (unpaired) electrons. The summed E-state index contributed by atoms with van der Waals surface area (Å²) in [5.41, 5.74) is 7.50. The highest BCUT2D eigenvalue weighted by Gasteiger charge is 2.23. The minimum atomic E-state index is -0.475. The zero-order chi connectivity index (χ0) is 17.6. The van der Waals surface area contributed by atoms with Gasteiger partial charge in [0.25, 0.3) is 0 Å². The third-order valence-electron chi connectivity index (χ3n) is 4.05. The van der Waals surface area contributed by atoms with E-state index in [1.807, 2.05) is 6.07 Å². The molecule has 0 saturated heterocycles. The van der Waals surface area contributed by atoms with Crippen LogP contribution in [0.15, 0.2) is 18.2 Å². The van der Waals surface area contributed by atoms with Crippen molar-refractivity contribution in [3.8, 4) is 27.8 Å². The molecule has 128 valence electrons. The first-order valence-corrected chi connectivity index (χ1v) is 8.84. The average Bonchev–Trinajstić information content (AvgIpc) is 3.19. The van der Waals surface area contributed by atoms with Crippen molar-refractivity contribution in [3.05, 3.63) is 34.5 Å². The van der Waals surface area contributed by atoms with Crippen LogP contribution in [-0.2, 0) is 6.42 Å². The maximum Gasteiger partial charge on any atom is 0.248 e. The molecule has 8 heteroatoms. The summed E-state index contributed by atoms with van der Waals surface area (Å²) in [6.45, 7) is 4.64. The summed E-state index contributed by atoms with van der Waals surface area (Å²) in [6.07, 6.45) is 0.745. The molecule has 4 rings (SSSR count). The molecule has 0 spiro atoms. The molecule has 3 aromatic rings. The second-order valence-corrected chi connectivity index (χ2v) is 7.25. The van der Waals surface area contributed by atoms with Gasteiger partial charge in [0.05, 0.1) is 12.3 Å². The van der Waals surface area contributed by atoms with Crippen LogP contribution in [0.2, 0.25) is 0 Å². The zero-order valence-corrected chi connectivity index (χ0v) is 14.7. The smallest absolute Gasteiger partial charge is 0.248 e. The standard InChI is InChI=1S/C17H17N5O2S/c1-8(2)15-20-16(22-21-15)17-19-13-10-4-3-9(14(18)23)7-11(10)24-6-5-12(13)25-17/h3-4,7-8H,5-6H2,1-2H3,(H2,18,23)(H,20,21,22). The molecule has 7 nitrogen and oxygen atoms in total. The van der Waals surface area contributed by atoms with Crippen LogP contribution in [0.25, 0.3) is 22.1 Å². The molecule has 1 aliphatic heterocycles. The van der Waals surface area contributed by atoms with Gasteiger partial charge in [-0.25, -0.2) is 9.97 Å². The Kier molecular flexibility index (Phi) is 3.76. The molecule has 25 heavy (non-hydrogen) atoms. The average molecular weight is 355 g/mol. The van der Waals surface area contributed by atoms with E-state index in [9.17, 15) is 4.79 Å². The number of amides is 1. The van der Waals surface area contributed by atoms with Crippen LogP contribution in [0.1, 0.15) is 40.8 Å². The van der Waals surface area contributed by atoms with Gasteiger partial charge in [0.1, 0.15) is 11.6 Å². The number of primary amides is 1. The minimum absolute atomic E-state index is 0.278. The van der Waals surface area contributed by atoms with Crippen molar-refractivity contribution in [2.24, 2.45) is 5.73 Å². The molecular formula is C17H17N5O2S. The number of H-pyrrole nitrogens is 1. The fourth-order valence-electron chi connectivity index (χ4n) is 2.70. The third-order valence-corrected chi connectivity index (χ3v) is 5.16. The van der Waals surface area contributed by atoms with Crippen LogP contribution in [-0.4, -0.2) is 32.7 Å². The number of aromatic amines is 1. The predicted molar refractivity (Wildman–Crippen MR) is 94.7 cm³/mol. The quantitative estimate of drug-likeness (QED) is 0.751. The van der Waals surface area contributed by atoms with Crippen molar-refractivity contribution in [3.63, 3.8) is 0 Å². The molecule has 1 aromatic carbocycles. The summed E-state index contributed by atoms with van der Waals surface area (Å²) in [5, 5.41) is 8.03. The SMILES string of the molecule is CC(C)c1nc(-c2nc3c(s2)CCOc2cc(C(N)=O)ccc2-3)n[nH]1. The molecule has 2 aromatic heterocycles. The number of carbonyl (C=O) groups is 1. The van der Waals surface area contributed by atoms with Gasteiger partial charge in [-0.1, -0.05) is 13.8 Å². The largest absolute Gasteiger partial charge is 0.492 e. The molecule has 0 unspecified atom stereocenters. The second-order valence-electron chi connectivity index (χ2n) is 6.16. The van der Waals surface area contributed by atoms with E-state index in [0.29, 0.717) is 23.7 Å². The van der Waals surface area contributed by atoms with E-state index < -0.39 is 5.91 Å². The van der Waals surface area contributed by atoms with E-state index in [4.69, 9.17) is 15.5 Å². The van der Waals surface area contributed by atoms with E-state index in [0.717, 1.165) is 33.4 Å². The Bertz CT molecular complexity index is 960. The number of carbonyl (C=O) groups excluding carboxylic acids is 1. The lowest BCUT2D eigenvalue weighted by Crippen LogP contribution is -2.11. The van der Waals surface area contributed by atoms with Gasteiger partial charge in [-0.05, 0) is 18.2 Å².